The van der Waals surface area contributed by atoms with Gasteiger partial charge in [0, 0.05) is 11.6 Å². The van der Waals surface area contributed by atoms with E-state index < -0.39 is 0 Å². The number of furan rings is 1. The molecule has 3 aromatic rings. The molecule has 0 aliphatic rings. The highest BCUT2D eigenvalue weighted by Crippen LogP contribution is 2.26. The summed E-state index contributed by atoms with van der Waals surface area (Å²) in [5, 5.41) is 1.95. The topological polar surface area (TPSA) is 47.5 Å². The maximum atomic E-state index is 10.6. The van der Waals surface area contributed by atoms with E-state index in [0.29, 0.717) is 5.69 Å². The van der Waals surface area contributed by atoms with Gasteiger partial charge in [-0.3, -0.25) is 9.20 Å². The first-order chi connectivity index (χ1) is 7.38. The van der Waals surface area contributed by atoms with Gasteiger partial charge in [0.2, 0.25) is 0 Å². The maximum Gasteiger partial charge on any atom is 0.194 e. The molecule has 0 bridgehead atoms. The fourth-order valence-corrected chi connectivity index (χ4v) is 2.33. The minimum atomic E-state index is 0.439. The van der Waals surface area contributed by atoms with Crippen molar-refractivity contribution < 1.29 is 9.21 Å². The number of aldehydes is 1. The normalized spacial score (nSPS) is 10.9. The summed E-state index contributed by atoms with van der Waals surface area (Å²) in [6, 6.07) is 3.71. The zero-order valence-corrected chi connectivity index (χ0v) is 8.40. The van der Waals surface area contributed by atoms with Crippen LogP contribution in [0.5, 0.6) is 0 Å². The first kappa shape index (κ1) is 8.43. The highest BCUT2D eigenvalue weighted by atomic mass is 32.1. The minimum Gasteiger partial charge on any atom is -0.463 e. The molecule has 0 atom stereocenters. The van der Waals surface area contributed by atoms with Gasteiger partial charge in [0.25, 0.3) is 0 Å². The largest absolute Gasteiger partial charge is 0.463 e. The van der Waals surface area contributed by atoms with Gasteiger partial charge in [-0.1, -0.05) is 0 Å². The van der Waals surface area contributed by atoms with E-state index in [1.165, 1.54) is 11.3 Å². The summed E-state index contributed by atoms with van der Waals surface area (Å²) in [6.45, 7) is 0. The first-order valence-electron chi connectivity index (χ1n) is 4.34. The molecule has 0 aromatic carbocycles. The Balaban J connectivity index is 2.27. The number of fused-ring (bicyclic) bond motifs is 1. The highest BCUT2D eigenvalue weighted by Gasteiger charge is 2.10. The number of rotatable bonds is 2. The molecule has 5 heteroatoms. The third-order valence-corrected chi connectivity index (χ3v) is 2.96. The molecule has 0 unspecified atom stereocenters. The Morgan fingerprint density at radius 1 is 1.53 bits per heavy atom. The molecule has 74 valence electrons. The van der Waals surface area contributed by atoms with Crippen LogP contribution >= 0.6 is 11.3 Å². The van der Waals surface area contributed by atoms with Crippen molar-refractivity contribution in [2.24, 2.45) is 0 Å². The average Bonchev–Trinajstić information content (AvgIpc) is 2.92. The van der Waals surface area contributed by atoms with Gasteiger partial charge in [-0.05, 0) is 12.1 Å². The molecule has 15 heavy (non-hydrogen) atoms. The standard InChI is InChI=1S/C10H6N2O2S/c13-5-7-4-12-8(6-15-10(12)11-7)9-2-1-3-14-9/h1-6H. The van der Waals surface area contributed by atoms with Gasteiger partial charge in [-0.2, -0.15) is 0 Å². The lowest BCUT2D eigenvalue weighted by Gasteiger charge is -1.91. The summed E-state index contributed by atoms with van der Waals surface area (Å²) in [5.41, 5.74) is 1.36. The maximum absolute atomic E-state index is 10.6. The number of thiazole rings is 1. The second-order valence-electron chi connectivity index (χ2n) is 3.03. The lowest BCUT2D eigenvalue weighted by atomic mass is 10.3. The Hall–Kier alpha value is -1.88. The van der Waals surface area contributed by atoms with Crippen molar-refractivity contribution in [3.8, 4) is 11.5 Å². The predicted octanol–water partition coefficient (Wildman–Crippen LogP) is 2.47. The molecule has 0 spiro atoms. The van der Waals surface area contributed by atoms with Crippen LogP contribution in [0.15, 0.2) is 34.4 Å². The van der Waals surface area contributed by atoms with Crippen molar-refractivity contribution in [2.75, 3.05) is 0 Å². The second kappa shape index (κ2) is 3.06. The van der Waals surface area contributed by atoms with E-state index >= 15 is 0 Å². The number of hydrogen-bond donors (Lipinski definition) is 0. The fraction of sp³-hybridized carbons (Fsp3) is 0. The summed E-state index contributed by atoms with van der Waals surface area (Å²) < 4.78 is 7.15. The molecule has 0 N–H and O–H groups in total. The molecule has 0 aliphatic heterocycles. The second-order valence-corrected chi connectivity index (χ2v) is 3.87. The highest BCUT2D eigenvalue weighted by molar-refractivity contribution is 7.15. The summed E-state index contributed by atoms with van der Waals surface area (Å²) in [6.07, 6.45) is 4.07. The summed E-state index contributed by atoms with van der Waals surface area (Å²) in [4.78, 5) is 15.5. The summed E-state index contributed by atoms with van der Waals surface area (Å²) >= 11 is 1.48. The Morgan fingerprint density at radius 2 is 2.47 bits per heavy atom. The van der Waals surface area contributed by atoms with E-state index in [1.54, 1.807) is 12.5 Å². The van der Waals surface area contributed by atoms with Crippen molar-refractivity contribution >= 4 is 22.6 Å². The number of hydrogen-bond acceptors (Lipinski definition) is 4. The minimum absolute atomic E-state index is 0.439. The monoisotopic (exact) mass is 218 g/mol. The van der Waals surface area contributed by atoms with Gasteiger partial charge in [0.1, 0.15) is 11.4 Å². The van der Waals surface area contributed by atoms with Gasteiger partial charge in [-0.25, -0.2) is 4.98 Å². The lowest BCUT2D eigenvalue weighted by Crippen LogP contribution is -1.81. The van der Waals surface area contributed by atoms with Crippen LogP contribution in [0.1, 0.15) is 10.5 Å². The van der Waals surface area contributed by atoms with Crippen LogP contribution in [0.25, 0.3) is 16.4 Å². The molecular formula is C10H6N2O2S. The zero-order chi connectivity index (χ0) is 10.3. The van der Waals surface area contributed by atoms with Crippen LogP contribution in [0, 0.1) is 0 Å². The van der Waals surface area contributed by atoms with Crippen LogP contribution in [-0.2, 0) is 0 Å². The molecule has 0 saturated heterocycles. The van der Waals surface area contributed by atoms with Crippen molar-refractivity contribution in [3.63, 3.8) is 0 Å². The molecule has 3 heterocycles. The van der Waals surface area contributed by atoms with Gasteiger partial charge >= 0.3 is 0 Å². The third-order valence-electron chi connectivity index (χ3n) is 2.12. The van der Waals surface area contributed by atoms with Crippen LogP contribution in [0.2, 0.25) is 0 Å². The first-order valence-corrected chi connectivity index (χ1v) is 5.22. The number of nitrogens with zero attached hydrogens (tertiary/aromatic N) is 2. The molecule has 3 rings (SSSR count). The van der Waals surface area contributed by atoms with E-state index in [1.807, 2.05) is 21.9 Å². The van der Waals surface area contributed by atoms with Crippen molar-refractivity contribution in [2.45, 2.75) is 0 Å². The average molecular weight is 218 g/mol. The molecular weight excluding hydrogens is 212 g/mol. The number of aromatic nitrogens is 2. The van der Waals surface area contributed by atoms with E-state index in [0.717, 1.165) is 22.7 Å². The molecule has 0 fully saturated rings. The quantitative estimate of drug-likeness (QED) is 0.621. The number of carbonyl (C=O) groups is 1. The predicted molar refractivity (Wildman–Crippen MR) is 56.2 cm³/mol. The molecule has 4 nitrogen and oxygen atoms in total. The molecule has 0 aliphatic carbocycles. The van der Waals surface area contributed by atoms with Crippen molar-refractivity contribution in [1.29, 1.82) is 0 Å². The van der Waals surface area contributed by atoms with Crippen molar-refractivity contribution in [1.82, 2.24) is 9.38 Å². The van der Waals surface area contributed by atoms with E-state index in [4.69, 9.17) is 4.42 Å². The van der Waals surface area contributed by atoms with Crippen molar-refractivity contribution in [3.05, 3.63) is 35.7 Å². The van der Waals surface area contributed by atoms with Crippen LogP contribution in [-0.4, -0.2) is 15.7 Å². The summed E-state index contributed by atoms with van der Waals surface area (Å²) in [7, 11) is 0. The van der Waals surface area contributed by atoms with E-state index in [2.05, 4.69) is 4.98 Å². The smallest absolute Gasteiger partial charge is 0.194 e. The number of carbonyl (C=O) groups excluding carboxylic acids is 1. The molecule has 3 aromatic heterocycles. The summed E-state index contributed by atoms with van der Waals surface area (Å²) in [5.74, 6) is 0.774. The van der Waals surface area contributed by atoms with Crippen LogP contribution in [0.3, 0.4) is 0 Å². The fourth-order valence-electron chi connectivity index (χ4n) is 1.46. The Kier molecular flexibility index (Phi) is 1.72. The van der Waals surface area contributed by atoms with Crippen LogP contribution < -0.4 is 0 Å². The Morgan fingerprint density at radius 3 is 3.20 bits per heavy atom. The Bertz CT molecular complexity index is 606. The zero-order valence-electron chi connectivity index (χ0n) is 7.58. The molecule has 0 radical (unpaired) electrons. The van der Waals surface area contributed by atoms with Gasteiger partial charge in [-0.15, -0.1) is 11.3 Å². The van der Waals surface area contributed by atoms with Gasteiger partial charge in [0.05, 0.1) is 6.26 Å². The molecule has 0 amide bonds. The third kappa shape index (κ3) is 1.20. The SMILES string of the molecule is O=Cc1cn2c(-c3ccco3)csc2n1. The lowest BCUT2D eigenvalue weighted by molar-refractivity contribution is 0.111. The van der Waals surface area contributed by atoms with E-state index in [9.17, 15) is 4.79 Å². The number of imidazole rings is 1. The Labute approximate surface area is 88.8 Å². The van der Waals surface area contributed by atoms with Crippen LogP contribution in [0.4, 0.5) is 0 Å². The van der Waals surface area contributed by atoms with Gasteiger partial charge < -0.3 is 4.42 Å². The van der Waals surface area contributed by atoms with E-state index in [-0.39, 0.29) is 0 Å². The van der Waals surface area contributed by atoms with Gasteiger partial charge in [0.15, 0.2) is 17.0 Å². The molecule has 0 saturated carbocycles.